The maximum Gasteiger partial charge on any atom is 0.341 e. The smallest absolute Gasteiger partial charge is 0.341 e. The highest BCUT2D eigenvalue weighted by Crippen LogP contribution is 2.22. The average molecular weight is 377 g/mol. The van der Waals surface area contributed by atoms with E-state index >= 15 is 0 Å². The lowest BCUT2D eigenvalue weighted by atomic mass is 10.1. The molecule has 0 aliphatic carbocycles. The third kappa shape index (κ3) is 4.01. The van der Waals surface area contributed by atoms with Crippen LogP contribution in [0.2, 0.25) is 0 Å². The van der Waals surface area contributed by atoms with Crippen LogP contribution in [-0.4, -0.2) is 27.9 Å². The number of aromatic nitrogens is 2. The van der Waals surface area contributed by atoms with Gasteiger partial charge in [0, 0.05) is 18.1 Å². The number of para-hydroxylation sites is 2. The number of hydrogen-bond donors (Lipinski definition) is 1. The van der Waals surface area contributed by atoms with Gasteiger partial charge in [-0.2, -0.15) is 0 Å². The van der Waals surface area contributed by atoms with Crippen LogP contribution in [0.15, 0.2) is 48.8 Å². The number of carbonyl (C=O) groups is 2. The van der Waals surface area contributed by atoms with Crippen LogP contribution in [0.4, 0.5) is 5.69 Å². The lowest BCUT2D eigenvalue weighted by molar-refractivity contribution is -0.124. The summed E-state index contributed by atoms with van der Waals surface area (Å²) in [5.74, 6) is -0.931. The third-order valence-electron chi connectivity index (χ3n) is 4.62. The number of amides is 1. The van der Waals surface area contributed by atoms with Gasteiger partial charge in [-0.25, -0.2) is 4.79 Å². The topological polar surface area (TPSA) is 81.2 Å². The van der Waals surface area contributed by atoms with E-state index in [1.165, 1.54) is 6.20 Å². The second kappa shape index (κ2) is 8.61. The van der Waals surface area contributed by atoms with Crippen molar-refractivity contribution in [1.82, 2.24) is 9.97 Å². The SMILES string of the molecule is CCc1cccc(C)c1NC(=O)C(CC)OC(=O)c1cccc2nccnc12. The zero-order chi connectivity index (χ0) is 20.1. The summed E-state index contributed by atoms with van der Waals surface area (Å²) in [5, 5.41) is 2.93. The molecule has 0 aliphatic rings. The molecule has 1 unspecified atom stereocenters. The summed E-state index contributed by atoms with van der Waals surface area (Å²) >= 11 is 0. The Bertz CT molecular complexity index is 1010. The molecule has 0 fully saturated rings. The van der Waals surface area contributed by atoms with Crippen molar-refractivity contribution in [3.63, 3.8) is 0 Å². The number of esters is 1. The monoisotopic (exact) mass is 377 g/mol. The Morgan fingerprint density at radius 1 is 1.07 bits per heavy atom. The van der Waals surface area contributed by atoms with Gasteiger partial charge >= 0.3 is 5.97 Å². The van der Waals surface area contributed by atoms with Gasteiger partial charge in [-0.1, -0.05) is 38.1 Å². The minimum Gasteiger partial charge on any atom is -0.449 e. The quantitative estimate of drug-likeness (QED) is 0.655. The van der Waals surface area contributed by atoms with E-state index in [-0.39, 0.29) is 5.91 Å². The fourth-order valence-corrected chi connectivity index (χ4v) is 3.08. The van der Waals surface area contributed by atoms with Gasteiger partial charge in [-0.15, -0.1) is 0 Å². The van der Waals surface area contributed by atoms with Gasteiger partial charge < -0.3 is 10.1 Å². The molecule has 0 radical (unpaired) electrons. The van der Waals surface area contributed by atoms with Crippen LogP contribution < -0.4 is 5.32 Å². The third-order valence-corrected chi connectivity index (χ3v) is 4.62. The van der Waals surface area contributed by atoms with E-state index in [2.05, 4.69) is 15.3 Å². The van der Waals surface area contributed by atoms with Gasteiger partial charge in [0.2, 0.25) is 0 Å². The first kappa shape index (κ1) is 19.5. The molecule has 3 rings (SSSR count). The number of aryl methyl sites for hydroxylation is 2. The molecular formula is C22H23N3O3. The molecule has 6 nitrogen and oxygen atoms in total. The predicted octanol–water partition coefficient (Wildman–Crippen LogP) is 4.07. The fourth-order valence-electron chi connectivity index (χ4n) is 3.08. The Morgan fingerprint density at radius 2 is 1.82 bits per heavy atom. The van der Waals surface area contributed by atoms with Crippen molar-refractivity contribution in [2.24, 2.45) is 0 Å². The van der Waals surface area contributed by atoms with E-state index in [1.54, 1.807) is 31.3 Å². The molecule has 1 amide bonds. The average Bonchev–Trinajstić information content (AvgIpc) is 2.72. The molecule has 1 aromatic heterocycles. The van der Waals surface area contributed by atoms with Crippen molar-refractivity contribution in [1.29, 1.82) is 0 Å². The van der Waals surface area contributed by atoms with Crippen molar-refractivity contribution < 1.29 is 14.3 Å². The number of ether oxygens (including phenoxy) is 1. The molecule has 1 heterocycles. The zero-order valence-corrected chi connectivity index (χ0v) is 16.2. The summed E-state index contributed by atoms with van der Waals surface area (Å²) < 4.78 is 5.52. The first-order valence-electron chi connectivity index (χ1n) is 9.35. The number of rotatable bonds is 6. The van der Waals surface area contributed by atoms with Crippen LogP contribution in [0.5, 0.6) is 0 Å². The molecule has 0 aliphatic heterocycles. The number of anilines is 1. The highest BCUT2D eigenvalue weighted by atomic mass is 16.5. The molecule has 0 bridgehead atoms. The van der Waals surface area contributed by atoms with Crippen LogP contribution in [-0.2, 0) is 16.0 Å². The fraction of sp³-hybridized carbons (Fsp3) is 0.273. The molecule has 3 aromatic rings. The number of carbonyl (C=O) groups excluding carboxylic acids is 2. The minimum absolute atomic E-state index is 0.294. The van der Waals surface area contributed by atoms with Crippen molar-refractivity contribution in [3.05, 3.63) is 65.5 Å². The number of nitrogens with one attached hydrogen (secondary N) is 1. The van der Waals surface area contributed by atoms with E-state index in [0.717, 1.165) is 23.2 Å². The Labute approximate surface area is 164 Å². The maximum absolute atomic E-state index is 12.8. The zero-order valence-electron chi connectivity index (χ0n) is 16.2. The summed E-state index contributed by atoms with van der Waals surface area (Å²) in [6.45, 7) is 5.78. The van der Waals surface area contributed by atoms with Gasteiger partial charge in [0.05, 0.1) is 11.1 Å². The Hall–Kier alpha value is -3.28. The van der Waals surface area contributed by atoms with E-state index in [0.29, 0.717) is 23.0 Å². The number of hydrogen-bond acceptors (Lipinski definition) is 5. The van der Waals surface area contributed by atoms with E-state index in [9.17, 15) is 9.59 Å². The number of benzene rings is 2. The molecular weight excluding hydrogens is 354 g/mol. The van der Waals surface area contributed by atoms with Crippen molar-refractivity contribution >= 4 is 28.6 Å². The van der Waals surface area contributed by atoms with Gasteiger partial charge in [0.15, 0.2) is 6.10 Å². The van der Waals surface area contributed by atoms with Gasteiger partial charge in [-0.3, -0.25) is 14.8 Å². The van der Waals surface area contributed by atoms with Crippen molar-refractivity contribution in [2.45, 2.75) is 39.7 Å². The normalized spacial score (nSPS) is 11.8. The second-order valence-electron chi connectivity index (χ2n) is 6.48. The van der Waals surface area contributed by atoms with Crippen LogP contribution in [0, 0.1) is 6.92 Å². The Balaban J connectivity index is 1.80. The van der Waals surface area contributed by atoms with Crippen LogP contribution >= 0.6 is 0 Å². The van der Waals surface area contributed by atoms with Gasteiger partial charge in [0.25, 0.3) is 5.91 Å². The van der Waals surface area contributed by atoms with E-state index < -0.39 is 12.1 Å². The molecule has 1 N–H and O–H groups in total. The van der Waals surface area contributed by atoms with E-state index in [4.69, 9.17) is 4.74 Å². The van der Waals surface area contributed by atoms with Gasteiger partial charge in [-0.05, 0) is 43.0 Å². The predicted molar refractivity (Wildman–Crippen MR) is 108 cm³/mol. The molecule has 0 spiro atoms. The molecule has 144 valence electrons. The molecule has 1 atom stereocenters. The highest BCUT2D eigenvalue weighted by Gasteiger charge is 2.24. The summed E-state index contributed by atoms with van der Waals surface area (Å²) in [6.07, 6.45) is 3.34. The first-order chi connectivity index (χ1) is 13.5. The number of fused-ring (bicyclic) bond motifs is 1. The van der Waals surface area contributed by atoms with E-state index in [1.807, 2.05) is 32.0 Å². The second-order valence-corrected chi connectivity index (χ2v) is 6.48. The molecule has 6 heteroatoms. The lowest BCUT2D eigenvalue weighted by Crippen LogP contribution is -2.32. The van der Waals surface area contributed by atoms with Crippen LogP contribution in [0.3, 0.4) is 0 Å². The summed E-state index contributed by atoms with van der Waals surface area (Å²) in [6, 6.07) is 11.0. The van der Waals surface area contributed by atoms with Crippen LogP contribution in [0.1, 0.15) is 41.8 Å². The Kier molecular flexibility index (Phi) is 5.99. The minimum atomic E-state index is -0.899. The summed E-state index contributed by atoms with van der Waals surface area (Å²) in [4.78, 5) is 33.9. The van der Waals surface area contributed by atoms with Gasteiger partial charge in [0.1, 0.15) is 5.52 Å². The molecule has 0 saturated carbocycles. The first-order valence-corrected chi connectivity index (χ1v) is 9.35. The van der Waals surface area contributed by atoms with Crippen LogP contribution in [0.25, 0.3) is 11.0 Å². The standard InChI is InChI=1S/C22H23N3O3/c1-4-15-9-6-8-14(3)19(15)25-21(26)18(5-2)28-22(27)16-10-7-11-17-20(16)24-13-12-23-17/h6-13,18H,4-5H2,1-3H3,(H,25,26). The number of nitrogens with zero attached hydrogens (tertiary/aromatic N) is 2. The summed E-state index contributed by atoms with van der Waals surface area (Å²) in [5.41, 5.74) is 4.14. The molecule has 28 heavy (non-hydrogen) atoms. The lowest BCUT2D eigenvalue weighted by Gasteiger charge is -2.19. The van der Waals surface area contributed by atoms with Crippen molar-refractivity contribution in [3.8, 4) is 0 Å². The maximum atomic E-state index is 12.8. The van der Waals surface area contributed by atoms with Crippen molar-refractivity contribution in [2.75, 3.05) is 5.32 Å². The molecule has 0 saturated heterocycles. The highest BCUT2D eigenvalue weighted by molar-refractivity contribution is 6.03. The molecule has 2 aromatic carbocycles. The largest absolute Gasteiger partial charge is 0.449 e. The Morgan fingerprint density at radius 3 is 2.57 bits per heavy atom. The summed E-state index contributed by atoms with van der Waals surface area (Å²) in [7, 11) is 0.